The molecule has 0 unspecified atom stereocenters. The van der Waals surface area contributed by atoms with Crippen molar-refractivity contribution in [3.05, 3.63) is 65.9 Å². The number of carboxylic acid groups (broad SMARTS) is 1. The third kappa shape index (κ3) is 5.04. The Labute approximate surface area is 196 Å². The first-order chi connectivity index (χ1) is 16.3. The van der Waals surface area contributed by atoms with Crippen LogP contribution in [-0.4, -0.2) is 62.6 Å². The molecular weight excluding hydrogens is 436 g/mol. The van der Waals surface area contributed by atoms with Crippen LogP contribution in [0.5, 0.6) is 5.75 Å². The molecule has 0 spiro atoms. The summed E-state index contributed by atoms with van der Waals surface area (Å²) in [6, 6.07) is 11.1. The molecule has 34 heavy (non-hydrogen) atoms. The number of hydrogen-bond acceptors (Lipinski definition) is 5. The monoisotopic (exact) mass is 464 g/mol. The molecule has 3 aromatic rings. The summed E-state index contributed by atoms with van der Waals surface area (Å²) in [6.07, 6.45) is 3.31. The molecule has 178 valence electrons. The molecule has 6 N–H and O–H groups in total. The van der Waals surface area contributed by atoms with E-state index < -0.39 is 30.0 Å². The van der Waals surface area contributed by atoms with Crippen molar-refractivity contribution in [3.8, 4) is 5.75 Å². The highest BCUT2D eigenvalue weighted by atomic mass is 16.4. The van der Waals surface area contributed by atoms with Crippen molar-refractivity contribution in [1.82, 2.24) is 15.2 Å². The van der Waals surface area contributed by atoms with Crippen molar-refractivity contribution >= 4 is 28.7 Å². The van der Waals surface area contributed by atoms with Gasteiger partial charge in [-0.05, 0) is 48.6 Å². The van der Waals surface area contributed by atoms with E-state index in [1.807, 2.05) is 30.5 Å². The van der Waals surface area contributed by atoms with E-state index in [4.69, 9.17) is 5.73 Å². The summed E-state index contributed by atoms with van der Waals surface area (Å²) >= 11 is 0. The Morgan fingerprint density at radius 3 is 2.59 bits per heavy atom. The number of H-pyrrole nitrogens is 1. The van der Waals surface area contributed by atoms with E-state index >= 15 is 0 Å². The normalized spacial score (nSPS) is 17.4. The van der Waals surface area contributed by atoms with Crippen LogP contribution < -0.4 is 11.1 Å². The van der Waals surface area contributed by atoms with E-state index in [2.05, 4.69) is 10.3 Å². The number of benzene rings is 2. The lowest BCUT2D eigenvalue weighted by atomic mass is 10.0. The lowest BCUT2D eigenvalue weighted by molar-refractivity contribution is -0.144. The van der Waals surface area contributed by atoms with E-state index in [1.54, 1.807) is 12.1 Å². The van der Waals surface area contributed by atoms with Crippen LogP contribution in [0.4, 0.5) is 0 Å². The molecule has 1 aromatic heterocycles. The van der Waals surface area contributed by atoms with Crippen LogP contribution in [0.3, 0.4) is 0 Å². The number of rotatable bonds is 8. The van der Waals surface area contributed by atoms with Crippen molar-refractivity contribution in [3.63, 3.8) is 0 Å². The van der Waals surface area contributed by atoms with Crippen LogP contribution >= 0.6 is 0 Å². The number of aliphatic carboxylic acids is 1. The molecule has 2 heterocycles. The molecule has 1 aliphatic heterocycles. The molecule has 2 amide bonds. The van der Waals surface area contributed by atoms with Gasteiger partial charge < -0.3 is 31.1 Å². The van der Waals surface area contributed by atoms with E-state index in [0.717, 1.165) is 16.5 Å². The maximum Gasteiger partial charge on any atom is 0.326 e. The van der Waals surface area contributed by atoms with E-state index in [1.165, 1.54) is 17.0 Å². The van der Waals surface area contributed by atoms with Crippen molar-refractivity contribution in [2.24, 2.45) is 5.73 Å². The summed E-state index contributed by atoms with van der Waals surface area (Å²) in [5, 5.41) is 22.6. The van der Waals surface area contributed by atoms with Crippen LogP contribution in [0.2, 0.25) is 0 Å². The molecule has 0 aliphatic carbocycles. The third-order valence-electron chi connectivity index (χ3n) is 6.26. The maximum absolute atomic E-state index is 13.1. The summed E-state index contributed by atoms with van der Waals surface area (Å²) in [5.41, 5.74) is 8.80. The zero-order valence-corrected chi connectivity index (χ0v) is 18.6. The number of nitrogens with zero attached hydrogens (tertiary/aromatic N) is 1. The predicted molar refractivity (Wildman–Crippen MR) is 126 cm³/mol. The number of carboxylic acids is 1. The zero-order chi connectivity index (χ0) is 24.2. The molecule has 0 saturated carbocycles. The van der Waals surface area contributed by atoms with Crippen LogP contribution in [0.1, 0.15) is 24.0 Å². The summed E-state index contributed by atoms with van der Waals surface area (Å²) < 4.78 is 0. The van der Waals surface area contributed by atoms with Gasteiger partial charge in [0.15, 0.2) is 0 Å². The highest BCUT2D eigenvalue weighted by molar-refractivity contribution is 5.93. The van der Waals surface area contributed by atoms with Gasteiger partial charge in [0.1, 0.15) is 17.8 Å². The maximum atomic E-state index is 13.1. The summed E-state index contributed by atoms with van der Waals surface area (Å²) in [4.78, 5) is 42.5. The van der Waals surface area contributed by atoms with Crippen LogP contribution in [0, 0.1) is 0 Å². The minimum absolute atomic E-state index is 0.0576. The Bertz CT molecular complexity index is 1190. The van der Waals surface area contributed by atoms with Gasteiger partial charge in [0.05, 0.1) is 6.04 Å². The van der Waals surface area contributed by atoms with Crippen LogP contribution in [0.15, 0.2) is 54.7 Å². The van der Waals surface area contributed by atoms with Crippen molar-refractivity contribution in [2.75, 3.05) is 6.54 Å². The number of carbonyl (C=O) groups is 3. The average Bonchev–Trinajstić information content (AvgIpc) is 3.47. The summed E-state index contributed by atoms with van der Waals surface area (Å²) in [7, 11) is 0. The number of aromatic hydroxyl groups is 1. The Morgan fingerprint density at radius 2 is 1.85 bits per heavy atom. The minimum atomic E-state index is -1.17. The summed E-state index contributed by atoms with van der Waals surface area (Å²) in [6.45, 7) is 0.397. The number of aromatic nitrogens is 1. The van der Waals surface area contributed by atoms with E-state index in [9.17, 15) is 24.6 Å². The second kappa shape index (κ2) is 9.96. The van der Waals surface area contributed by atoms with Crippen LogP contribution in [-0.2, 0) is 27.2 Å². The second-order valence-corrected chi connectivity index (χ2v) is 8.63. The Balaban J connectivity index is 1.41. The molecule has 1 fully saturated rings. The molecule has 4 rings (SSSR count). The molecule has 1 saturated heterocycles. The van der Waals surface area contributed by atoms with Gasteiger partial charge in [-0.25, -0.2) is 4.79 Å². The van der Waals surface area contributed by atoms with Gasteiger partial charge in [-0.2, -0.15) is 0 Å². The first kappa shape index (κ1) is 23.3. The second-order valence-electron chi connectivity index (χ2n) is 8.63. The number of nitrogens with one attached hydrogen (secondary N) is 2. The number of likely N-dealkylation sites (tertiary alicyclic amines) is 1. The van der Waals surface area contributed by atoms with Gasteiger partial charge >= 0.3 is 5.97 Å². The average molecular weight is 465 g/mol. The van der Waals surface area contributed by atoms with Crippen molar-refractivity contribution < 1.29 is 24.6 Å². The minimum Gasteiger partial charge on any atom is -0.508 e. The number of phenolic OH excluding ortho intramolecular Hbond substituents is 1. The van der Waals surface area contributed by atoms with Crippen molar-refractivity contribution in [2.45, 2.75) is 43.8 Å². The van der Waals surface area contributed by atoms with Gasteiger partial charge in [-0.15, -0.1) is 0 Å². The van der Waals surface area contributed by atoms with E-state index in [-0.39, 0.29) is 18.1 Å². The Kier molecular flexibility index (Phi) is 6.83. The number of amides is 2. The lowest BCUT2D eigenvalue weighted by Gasteiger charge is -2.27. The SMILES string of the molecule is N[C@@H](Cc1c[nH]c2ccccc12)C(=O)N1CCC[C@H]1C(=O)N[C@@H](Cc1ccc(O)cc1)C(=O)O. The molecular formula is C25H28N4O5. The largest absolute Gasteiger partial charge is 0.508 e. The lowest BCUT2D eigenvalue weighted by Crippen LogP contribution is -2.54. The third-order valence-corrected chi connectivity index (χ3v) is 6.26. The number of hydrogen-bond donors (Lipinski definition) is 5. The standard InChI is InChI=1S/C25H28N4O5/c26-19(13-16-14-27-20-5-2-1-4-18(16)20)24(32)29-11-3-6-22(29)23(31)28-21(25(33)34)12-15-7-9-17(30)10-8-15/h1-2,4-5,7-10,14,19,21-22,27,30H,3,6,11-13,26H2,(H,28,31)(H,33,34)/t19-,21-,22-/m0/s1. The van der Waals surface area contributed by atoms with Gasteiger partial charge in [-0.1, -0.05) is 30.3 Å². The number of phenols is 1. The first-order valence-electron chi connectivity index (χ1n) is 11.3. The zero-order valence-electron chi connectivity index (χ0n) is 18.6. The smallest absolute Gasteiger partial charge is 0.326 e. The molecule has 3 atom stereocenters. The van der Waals surface area contributed by atoms with Gasteiger partial charge in [-0.3, -0.25) is 9.59 Å². The van der Waals surface area contributed by atoms with Crippen LogP contribution in [0.25, 0.3) is 10.9 Å². The summed E-state index contributed by atoms with van der Waals surface area (Å²) in [5.74, 6) is -1.93. The highest BCUT2D eigenvalue weighted by Gasteiger charge is 2.37. The van der Waals surface area contributed by atoms with Crippen molar-refractivity contribution in [1.29, 1.82) is 0 Å². The fourth-order valence-electron chi connectivity index (χ4n) is 4.48. The molecule has 0 bridgehead atoms. The topological polar surface area (TPSA) is 149 Å². The molecule has 1 aliphatic rings. The predicted octanol–water partition coefficient (Wildman–Crippen LogP) is 1.55. The Morgan fingerprint density at radius 1 is 1.12 bits per heavy atom. The highest BCUT2D eigenvalue weighted by Crippen LogP contribution is 2.22. The number of nitrogens with two attached hydrogens (primary N) is 1. The molecule has 9 heteroatoms. The number of fused-ring (bicyclic) bond motifs is 1. The Hall–Kier alpha value is -3.85. The fraction of sp³-hybridized carbons (Fsp3) is 0.320. The fourth-order valence-corrected chi connectivity index (χ4v) is 4.48. The number of carbonyl (C=O) groups excluding carboxylic acids is 2. The number of para-hydroxylation sites is 1. The number of aromatic amines is 1. The van der Waals surface area contributed by atoms with Gasteiger partial charge in [0.25, 0.3) is 0 Å². The van der Waals surface area contributed by atoms with E-state index in [0.29, 0.717) is 31.4 Å². The van der Waals surface area contributed by atoms with Gasteiger partial charge in [0.2, 0.25) is 11.8 Å². The quantitative estimate of drug-likeness (QED) is 0.341. The first-order valence-corrected chi connectivity index (χ1v) is 11.3. The van der Waals surface area contributed by atoms with Gasteiger partial charge in [0, 0.05) is 30.1 Å². The molecule has 9 nitrogen and oxygen atoms in total. The molecule has 0 radical (unpaired) electrons. The molecule has 2 aromatic carbocycles.